The van der Waals surface area contributed by atoms with Gasteiger partial charge in [-0.15, -0.1) is 0 Å². The summed E-state index contributed by atoms with van der Waals surface area (Å²) in [6.45, 7) is 7.29. The zero-order chi connectivity index (χ0) is 16.9. The van der Waals surface area contributed by atoms with E-state index in [1.54, 1.807) is 18.2 Å². The first-order valence-corrected chi connectivity index (χ1v) is 8.14. The SMILES string of the molecule is CC(C)(C)CC(=O)Nc1ccccc1C(=O)NCC1CCCO1. The zero-order valence-electron chi connectivity index (χ0n) is 14.1. The Kier molecular flexibility index (Phi) is 5.77. The van der Waals surface area contributed by atoms with Gasteiger partial charge >= 0.3 is 0 Å². The molecule has 2 amide bonds. The van der Waals surface area contributed by atoms with Crippen LogP contribution in [0.2, 0.25) is 0 Å². The fourth-order valence-corrected chi connectivity index (χ4v) is 2.57. The summed E-state index contributed by atoms with van der Waals surface area (Å²) < 4.78 is 5.50. The Hall–Kier alpha value is -1.88. The molecule has 1 heterocycles. The number of ether oxygens (including phenoxy) is 1. The summed E-state index contributed by atoms with van der Waals surface area (Å²) in [5.74, 6) is -0.274. The largest absolute Gasteiger partial charge is 0.376 e. The van der Waals surface area contributed by atoms with Crippen molar-refractivity contribution < 1.29 is 14.3 Å². The maximum absolute atomic E-state index is 12.4. The van der Waals surface area contributed by atoms with E-state index in [-0.39, 0.29) is 23.3 Å². The fourth-order valence-electron chi connectivity index (χ4n) is 2.57. The lowest BCUT2D eigenvalue weighted by Gasteiger charge is -2.18. The minimum Gasteiger partial charge on any atom is -0.376 e. The van der Waals surface area contributed by atoms with Gasteiger partial charge in [0.1, 0.15) is 0 Å². The first-order chi connectivity index (χ1) is 10.8. The number of benzene rings is 1. The van der Waals surface area contributed by atoms with Gasteiger partial charge in [-0.2, -0.15) is 0 Å². The molecule has 1 fully saturated rings. The molecule has 5 nitrogen and oxygen atoms in total. The van der Waals surface area contributed by atoms with Crippen LogP contribution < -0.4 is 10.6 Å². The van der Waals surface area contributed by atoms with Gasteiger partial charge in [0, 0.05) is 19.6 Å². The van der Waals surface area contributed by atoms with Crippen LogP contribution in [-0.2, 0) is 9.53 Å². The molecule has 1 aliphatic heterocycles. The second-order valence-corrected chi connectivity index (χ2v) is 7.18. The summed E-state index contributed by atoms with van der Waals surface area (Å²) in [6.07, 6.45) is 2.52. The van der Waals surface area contributed by atoms with E-state index >= 15 is 0 Å². The average molecular weight is 318 g/mol. The molecule has 0 radical (unpaired) electrons. The lowest BCUT2D eigenvalue weighted by molar-refractivity contribution is -0.117. The molecule has 0 aromatic heterocycles. The minimum atomic E-state index is -0.188. The van der Waals surface area contributed by atoms with Crippen molar-refractivity contribution in [3.05, 3.63) is 29.8 Å². The topological polar surface area (TPSA) is 67.4 Å². The summed E-state index contributed by atoms with van der Waals surface area (Å²) in [7, 11) is 0. The maximum Gasteiger partial charge on any atom is 0.253 e. The quantitative estimate of drug-likeness (QED) is 0.877. The fraction of sp³-hybridized carbons (Fsp3) is 0.556. The Morgan fingerprint density at radius 3 is 2.65 bits per heavy atom. The Morgan fingerprint density at radius 2 is 2.00 bits per heavy atom. The molecule has 1 atom stereocenters. The van der Waals surface area contributed by atoms with Gasteiger partial charge in [-0.05, 0) is 30.4 Å². The monoisotopic (exact) mass is 318 g/mol. The van der Waals surface area contributed by atoms with Crippen molar-refractivity contribution in [2.45, 2.75) is 46.1 Å². The van der Waals surface area contributed by atoms with Crippen LogP contribution in [0.25, 0.3) is 0 Å². The molecule has 0 bridgehead atoms. The number of carbonyl (C=O) groups is 2. The molecule has 1 saturated heterocycles. The summed E-state index contributed by atoms with van der Waals surface area (Å²) in [5.41, 5.74) is 0.931. The summed E-state index contributed by atoms with van der Waals surface area (Å²) >= 11 is 0. The summed E-state index contributed by atoms with van der Waals surface area (Å²) in [5, 5.41) is 5.73. The Balaban J connectivity index is 1.98. The normalized spacial score (nSPS) is 17.8. The highest BCUT2D eigenvalue weighted by molar-refractivity contribution is 6.03. The number of hydrogen-bond donors (Lipinski definition) is 2. The minimum absolute atomic E-state index is 0.0862. The van der Waals surface area contributed by atoms with Gasteiger partial charge in [0.2, 0.25) is 5.91 Å². The molecule has 5 heteroatoms. The first kappa shape index (κ1) is 17.5. The van der Waals surface area contributed by atoms with E-state index in [0.29, 0.717) is 24.2 Å². The summed E-state index contributed by atoms with van der Waals surface area (Å²) in [4.78, 5) is 24.5. The smallest absolute Gasteiger partial charge is 0.253 e. The van der Waals surface area contributed by atoms with Gasteiger partial charge in [-0.1, -0.05) is 32.9 Å². The molecule has 126 valence electrons. The van der Waals surface area contributed by atoms with Crippen molar-refractivity contribution in [3.8, 4) is 0 Å². The molecule has 2 rings (SSSR count). The van der Waals surface area contributed by atoms with Crippen LogP contribution in [-0.4, -0.2) is 31.1 Å². The zero-order valence-corrected chi connectivity index (χ0v) is 14.1. The van der Waals surface area contributed by atoms with Gasteiger partial charge in [0.15, 0.2) is 0 Å². The molecular formula is C18H26N2O3. The number of rotatable bonds is 5. The van der Waals surface area contributed by atoms with Gasteiger partial charge in [0.05, 0.1) is 17.4 Å². The number of hydrogen-bond acceptors (Lipinski definition) is 3. The molecule has 1 aromatic rings. The molecular weight excluding hydrogens is 292 g/mol. The van der Waals surface area contributed by atoms with E-state index < -0.39 is 0 Å². The van der Waals surface area contributed by atoms with Gasteiger partial charge in [0.25, 0.3) is 5.91 Å². The van der Waals surface area contributed by atoms with Crippen LogP contribution in [0.3, 0.4) is 0 Å². The second-order valence-electron chi connectivity index (χ2n) is 7.18. The Labute approximate surface area is 137 Å². The van der Waals surface area contributed by atoms with E-state index in [0.717, 1.165) is 19.4 Å². The van der Waals surface area contributed by atoms with E-state index in [1.807, 2.05) is 26.8 Å². The van der Waals surface area contributed by atoms with E-state index in [1.165, 1.54) is 0 Å². The van der Waals surface area contributed by atoms with Crippen LogP contribution in [0, 0.1) is 5.41 Å². The molecule has 0 saturated carbocycles. The number of carbonyl (C=O) groups excluding carboxylic acids is 2. The third kappa shape index (κ3) is 5.67. The van der Waals surface area contributed by atoms with Crippen LogP contribution in [0.4, 0.5) is 5.69 Å². The highest BCUT2D eigenvalue weighted by Gasteiger charge is 2.20. The van der Waals surface area contributed by atoms with Crippen molar-refractivity contribution in [3.63, 3.8) is 0 Å². The third-order valence-electron chi connectivity index (χ3n) is 3.65. The summed E-state index contributed by atoms with van der Waals surface area (Å²) in [6, 6.07) is 7.07. The first-order valence-electron chi connectivity index (χ1n) is 8.14. The maximum atomic E-state index is 12.4. The van der Waals surface area contributed by atoms with Crippen LogP contribution >= 0.6 is 0 Å². The van der Waals surface area contributed by atoms with Gasteiger partial charge in [-0.3, -0.25) is 9.59 Å². The Bertz CT molecular complexity index is 558. The third-order valence-corrected chi connectivity index (χ3v) is 3.65. The number of para-hydroxylation sites is 1. The molecule has 0 spiro atoms. The van der Waals surface area contributed by atoms with Gasteiger partial charge < -0.3 is 15.4 Å². The van der Waals surface area contributed by atoms with Crippen LogP contribution in [0.5, 0.6) is 0 Å². The predicted octanol–water partition coefficient (Wildman–Crippen LogP) is 2.97. The molecule has 1 unspecified atom stereocenters. The highest BCUT2D eigenvalue weighted by atomic mass is 16.5. The lowest BCUT2D eigenvalue weighted by Crippen LogP contribution is -2.32. The highest BCUT2D eigenvalue weighted by Crippen LogP contribution is 2.21. The van der Waals surface area contributed by atoms with Crippen molar-refractivity contribution in [2.24, 2.45) is 5.41 Å². The second kappa shape index (κ2) is 7.59. The van der Waals surface area contributed by atoms with Crippen molar-refractivity contribution in [1.82, 2.24) is 5.32 Å². The van der Waals surface area contributed by atoms with Crippen LogP contribution in [0.1, 0.15) is 50.4 Å². The number of amides is 2. The number of anilines is 1. The van der Waals surface area contributed by atoms with E-state index in [4.69, 9.17) is 4.74 Å². The van der Waals surface area contributed by atoms with Crippen molar-refractivity contribution >= 4 is 17.5 Å². The van der Waals surface area contributed by atoms with E-state index in [2.05, 4.69) is 10.6 Å². The average Bonchev–Trinajstić information content (AvgIpc) is 2.96. The lowest BCUT2D eigenvalue weighted by atomic mass is 9.92. The molecule has 23 heavy (non-hydrogen) atoms. The standard InChI is InChI=1S/C18H26N2O3/c1-18(2,3)11-16(21)20-15-9-5-4-8-14(15)17(22)19-12-13-7-6-10-23-13/h4-5,8-9,13H,6-7,10-12H2,1-3H3,(H,19,22)(H,20,21). The molecule has 1 aromatic carbocycles. The van der Waals surface area contributed by atoms with Gasteiger partial charge in [-0.25, -0.2) is 0 Å². The van der Waals surface area contributed by atoms with Crippen molar-refractivity contribution in [2.75, 3.05) is 18.5 Å². The number of nitrogens with one attached hydrogen (secondary N) is 2. The Morgan fingerprint density at radius 1 is 1.26 bits per heavy atom. The van der Waals surface area contributed by atoms with Crippen LogP contribution in [0.15, 0.2) is 24.3 Å². The van der Waals surface area contributed by atoms with Crippen molar-refractivity contribution in [1.29, 1.82) is 0 Å². The molecule has 1 aliphatic rings. The molecule has 0 aliphatic carbocycles. The predicted molar refractivity (Wildman–Crippen MR) is 90.5 cm³/mol. The molecule has 2 N–H and O–H groups in total. The van der Waals surface area contributed by atoms with E-state index in [9.17, 15) is 9.59 Å².